The molecule has 0 aromatic heterocycles. The molecular weight excluding hydrogens is 280 g/mol. The lowest BCUT2D eigenvalue weighted by atomic mass is 10.1. The molecule has 2 aliphatic rings. The highest BCUT2D eigenvalue weighted by molar-refractivity contribution is 6.31. The van der Waals surface area contributed by atoms with Gasteiger partial charge >= 0.3 is 0 Å². The standard InChI is InChI=1S/C15H17ClO4/c1-2-12-13(14-15(20-12)18-8-7-17-14)19-9-10-5-3-4-6-11(10)16/h2-6,12-15H,1,7-9H2/t12-,13+,14-,15+/m1/s1. The zero-order valence-electron chi connectivity index (χ0n) is 11.0. The Morgan fingerprint density at radius 2 is 2.10 bits per heavy atom. The molecule has 2 heterocycles. The smallest absolute Gasteiger partial charge is 0.187 e. The molecule has 0 saturated carbocycles. The number of hydrogen-bond acceptors (Lipinski definition) is 4. The van der Waals surface area contributed by atoms with Gasteiger partial charge in [0, 0.05) is 5.02 Å². The zero-order chi connectivity index (χ0) is 13.9. The van der Waals surface area contributed by atoms with Gasteiger partial charge in [0.1, 0.15) is 18.3 Å². The molecule has 0 unspecified atom stereocenters. The fraction of sp³-hybridized carbons (Fsp3) is 0.467. The van der Waals surface area contributed by atoms with E-state index in [0.717, 1.165) is 5.56 Å². The first-order chi connectivity index (χ1) is 9.79. The number of rotatable bonds is 4. The third-order valence-corrected chi connectivity index (χ3v) is 3.87. The average molecular weight is 297 g/mol. The van der Waals surface area contributed by atoms with Crippen LogP contribution in [-0.2, 0) is 25.6 Å². The van der Waals surface area contributed by atoms with Crippen LogP contribution < -0.4 is 0 Å². The third kappa shape index (κ3) is 2.75. The molecule has 1 aromatic rings. The summed E-state index contributed by atoms with van der Waals surface area (Å²) >= 11 is 6.13. The topological polar surface area (TPSA) is 36.9 Å². The minimum atomic E-state index is -0.372. The molecule has 4 nitrogen and oxygen atoms in total. The first-order valence-corrected chi connectivity index (χ1v) is 7.03. The highest BCUT2D eigenvalue weighted by Crippen LogP contribution is 2.31. The second kappa shape index (κ2) is 6.24. The van der Waals surface area contributed by atoms with Crippen LogP contribution in [0.1, 0.15) is 5.56 Å². The average Bonchev–Trinajstić information content (AvgIpc) is 2.84. The van der Waals surface area contributed by atoms with Gasteiger partial charge in [-0.3, -0.25) is 0 Å². The Bertz CT molecular complexity index is 479. The van der Waals surface area contributed by atoms with E-state index in [4.69, 9.17) is 30.5 Å². The van der Waals surface area contributed by atoms with Gasteiger partial charge in [0.15, 0.2) is 6.29 Å². The van der Waals surface area contributed by atoms with Crippen LogP contribution in [0.5, 0.6) is 0 Å². The van der Waals surface area contributed by atoms with Crippen molar-refractivity contribution >= 4 is 11.6 Å². The molecule has 0 radical (unpaired) electrons. The fourth-order valence-electron chi connectivity index (χ4n) is 2.49. The summed E-state index contributed by atoms with van der Waals surface area (Å²) in [7, 11) is 0. The second-order valence-corrected chi connectivity index (χ2v) is 5.19. The summed E-state index contributed by atoms with van der Waals surface area (Å²) in [6.07, 6.45) is 0.680. The Morgan fingerprint density at radius 1 is 1.30 bits per heavy atom. The molecule has 20 heavy (non-hydrogen) atoms. The van der Waals surface area contributed by atoms with Crippen molar-refractivity contribution in [3.05, 3.63) is 47.5 Å². The largest absolute Gasteiger partial charge is 0.368 e. The molecule has 0 amide bonds. The van der Waals surface area contributed by atoms with E-state index in [1.165, 1.54) is 0 Å². The third-order valence-electron chi connectivity index (χ3n) is 3.50. The molecule has 0 N–H and O–H groups in total. The molecule has 3 rings (SSSR count). The summed E-state index contributed by atoms with van der Waals surface area (Å²) in [6.45, 7) is 5.29. The van der Waals surface area contributed by atoms with E-state index >= 15 is 0 Å². The lowest BCUT2D eigenvalue weighted by molar-refractivity contribution is -0.220. The van der Waals surface area contributed by atoms with Gasteiger partial charge in [-0.25, -0.2) is 0 Å². The van der Waals surface area contributed by atoms with Crippen LogP contribution in [0, 0.1) is 0 Å². The van der Waals surface area contributed by atoms with Crippen LogP contribution in [0.4, 0.5) is 0 Å². The van der Waals surface area contributed by atoms with Crippen LogP contribution in [0.3, 0.4) is 0 Å². The maximum atomic E-state index is 6.13. The van der Waals surface area contributed by atoms with E-state index in [0.29, 0.717) is 24.8 Å². The SMILES string of the molecule is C=C[C@H]1O[C@@H]2OCCO[C@@H]2[C@H]1OCc1ccccc1Cl. The normalized spacial score (nSPS) is 32.9. The minimum Gasteiger partial charge on any atom is -0.368 e. The quantitative estimate of drug-likeness (QED) is 0.800. The van der Waals surface area contributed by atoms with E-state index in [1.54, 1.807) is 6.08 Å². The number of halogens is 1. The maximum absolute atomic E-state index is 6.13. The van der Waals surface area contributed by atoms with E-state index in [9.17, 15) is 0 Å². The van der Waals surface area contributed by atoms with E-state index in [1.807, 2.05) is 24.3 Å². The van der Waals surface area contributed by atoms with Gasteiger partial charge in [-0.2, -0.15) is 0 Å². The first kappa shape index (κ1) is 14.0. The molecule has 0 spiro atoms. The molecule has 1 aromatic carbocycles. The predicted molar refractivity (Wildman–Crippen MR) is 74.6 cm³/mol. The summed E-state index contributed by atoms with van der Waals surface area (Å²) in [5.74, 6) is 0. The van der Waals surface area contributed by atoms with Gasteiger partial charge in [0.25, 0.3) is 0 Å². The Balaban J connectivity index is 1.68. The zero-order valence-corrected chi connectivity index (χ0v) is 11.8. The van der Waals surface area contributed by atoms with E-state index in [2.05, 4.69) is 6.58 Å². The summed E-state index contributed by atoms with van der Waals surface area (Å²) < 4.78 is 22.9. The van der Waals surface area contributed by atoms with Crippen molar-refractivity contribution in [2.75, 3.05) is 13.2 Å². The van der Waals surface area contributed by atoms with Crippen molar-refractivity contribution < 1.29 is 18.9 Å². The molecule has 108 valence electrons. The van der Waals surface area contributed by atoms with Gasteiger partial charge in [-0.05, 0) is 11.6 Å². The molecule has 5 heteroatoms. The highest BCUT2D eigenvalue weighted by atomic mass is 35.5. The second-order valence-electron chi connectivity index (χ2n) is 4.78. The van der Waals surface area contributed by atoms with Crippen molar-refractivity contribution in [2.45, 2.75) is 31.2 Å². The predicted octanol–water partition coefficient (Wildman–Crippen LogP) is 2.55. The molecule has 0 bridgehead atoms. The lowest BCUT2D eigenvalue weighted by Crippen LogP contribution is -2.42. The van der Waals surface area contributed by atoms with Gasteiger partial charge in [0.05, 0.1) is 19.8 Å². The van der Waals surface area contributed by atoms with Gasteiger partial charge in [-0.1, -0.05) is 35.9 Å². The van der Waals surface area contributed by atoms with Crippen molar-refractivity contribution in [3.63, 3.8) is 0 Å². The van der Waals surface area contributed by atoms with Crippen LogP contribution in [-0.4, -0.2) is 37.8 Å². The summed E-state index contributed by atoms with van der Waals surface area (Å²) in [5, 5.41) is 0.693. The molecular formula is C15H17ClO4. The van der Waals surface area contributed by atoms with Crippen molar-refractivity contribution in [2.24, 2.45) is 0 Å². The maximum Gasteiger partial charge on any atom is 0.187 e. The van der Waals surface area contributed by atoms with E-state index < -0.39 is 0 Å². The molecule has 0 aliphatic carbocycles. The van der Waals surface area contributed by atoms with Crippen molar-refractivity contribution in [3.8, 4) is 0 Å². The number of hydrogen-bond donors (Lipinski definition) is 0. The fourth-order valence-corrected chi connectivity index (χ4v) is 2.68. The molecule has 2 saturated heterocycles. The van der Waals surface area contributed by atoms with Crippen molar-refractivity contribution in [1.29, 1.82) is 0 Å². The van der Waals surface area contributed by atoms with Gasteiger partial charge in [-0.15, -0.1) is 6.58 Å². The Hall–Kier alpha value is -0.910. The van der Waals surface area contributed by atoms with Crippen molar-refractivity contribution in [1.82, 2.24) is 0 Å². The Kier molecular flexibility index (Phi) is 4.38. The lowest BCUT2D eigenvalue weighted by Gasteiger charge is -2.27. The number of ether oxygens (including phenoxy) is 4. The van der Waals surface area contributed by atoms with Gasteiger partial charge in [0.2, 0.25) is 0 Å². The summed E-state index contributed by atoms with van der Waals surface area (Å²) in [5.41, 5.74) is 0.942. The Morgan fingerprint density at radius 3 is 2.90 bits per heavy atom. The minimum absolute atomic E-state index is 0.214. The first-order valence-electron chi connectivity index (χ1n) is 6.66. The van der Waals surface area contributed by atoms with Gasteiger partial charge < -0.3 is 18.9 Å². The number of benzene rings is 1. The number of fused-ring (bicyclic) bond motifs is 1. The van der Waals surface area contributed by atoms with Crippen LogP contribution >= 0.6 is 11.6 Å². The summed E-state index contributed by atoms with van der Waals surface area (Å²) in [4.78, 5) is 0. The van der Waals surface area contributed by atoms with Crippen LogP contribution in [0.25, 0.3) is 0 Å². The Labute approximate surface area is 123 Å². The van der Waals surface area contributed by atoms with Crippen LogP contribution in [0.2, 0.25) is 5.02 Å². The highest BCUT2D eigenvalue weighted by Gasteiger charge is 2.47. The van der Waals surface area contributed by atoms with E-state index in [-0.39, 0.29) is 24.6 Å². The molecule has 4 atom stereocenters. The molecule has 2 fully saturated rings. The van der Waals surface area contributed by atoms with Crippen LogP contribution in [0.15, 0.2) is 36.9 Å². The molecule has 2 aliphatic heterocycles. The summed E-state index contributed by atoms with van der Waals surface area (Å²) in [6, 6.07) is 7.62. The monoisotopic (exact) mass is 296 g/mol.